The number of halogens is 1. The number of hydrogen-bond donors (Lipinski definition) is 1. The summed E-state index contributed by atoms with van der Waals surface area (Å²) in [5.74, 6) is 0.764. The molecule has 0 unspecified atom stereocenters. The molecule has 1 amide bonds. The van der Waals surface area contributed by atoms with E-state index >= 15 is 0 Å². The number of anilines is 2. The van der Waals surface area contributed by atoms with Crippen LogP contribution >= 0.6 is 11.6 Å². The van der Waals surface area contributed by atoms with Crippen LogP contribution in [0.1, 0.15) is 25.3 Å². The van der Waals surface area contributed by atoms with Crippen LogP contribution in [0.5, 0.6) is 5.75 Å². The van der Waals surface area contributed by atoms with Crippen molar-refractivity contribution in [3.8, 4) is 5.75 Å². The number of hydrogen-bond acceptors (Lipinski definition) is 5. The molecule has 2 heterocycles. The van der Waals surface area contributed by atoms with E-state index in [1.807, 2.05) is 24.3 Å². The molecule has 4 rings (SSSR count). The molecule has 1 aliphatic heterocycles. The van der Waals surface area contributed by atoms with Crippen molar-refractivity contribution in [3.05, 3.63) is 63.5 Å². The smallest absolute Gasteiger partial charge is 0.336 e. The van der Waals surface area contributed by atoms with E-state index in [1.54, 1.807) is 13.0 Å². The van der Waals surface area contributed by atoms with E-state index in [0.717, 1.165) is 30.0 Å². The number of nitrogens with zero attached hydrogens (tertiary/aromatic N) is 1. The van der Waals surface area contributed by atoms with Gasteiger partial charge in [-0.25, -0.2) is 4.79 Å². The maximum absolute atomic E-state index is 12.3. The Bertz CT molecular complexity index is 1150. The van der Waals surface area contributed by atoms with Gasteiger partial charge in [0.05, 0.1) is 5.02 Å². The van der Waals surface area contributed by atoms with Gasteiger partial charge in [0.25, 0.3) is 5.91 Å². The first kappa shape index (κ1) is 21.2. The molecule has 0 spiro atoms. The van der Waals surface area contributed by atoms with Crippen LogP contribution in [0.25, 0.3) is 11.0 Å². The average Bonchev–Trinajstić information content (AvgIpc) is 2.74. The Balaban J connectivity index is 1.37. The van der Waals surface area contributed by atoms with Crippen LogP contribution in [0, 0.1) is 12.8 Å². The molecule has 0 bridgehead atoms. The minimum absolute atomic E-state index is 0.215. The van der Waals surface area contributed by atoms with Gasteiger partial charge in [0, 0.05) is 42.0 Å². The fourth-order valence-corrected chi connectivity index (χ4v) is 4.01. The second kappa shape index (κ2) is 9.02. The minimum Gasteiger partial charge on any atom is -0.482 e. The molecule has 1 aromatic heterocycles. The summed E-state index contributed by atoms with van der Waals surface area (Å²) in [4.78, 5) is 26.3. The van der Waals surface area contributed by atoms with Crippen LogP contribution < -0.4 is 20.6 Å². The fraction of sp³-hybridized carbons (Fsp3) is 0.333. The molecular weight excluding hydrogens is 416 g/mol. The minimum atomic E-state index is -0.446. The first-order valence-electron chi connectivity index (χ1n) is 10.4. The van der Waals surface area contributed by atoms with Crippen LogP contribution in [-0.4, -0.2) is 25.6 Å². The lowest BCUT2D eigenvalue weighted by Crippen LogP contribution is -2.32. The molecule has 6 nitrogen and oxygen atoms in total. The topological polar surface area (TPSA) is 71.8 Å². The van der Waals surface area contributed by atoms with Gasteiger partial charge in [0.2, 0.25) is 0 Å². The van der Waals surface area contributed by atoms with Crippen LogP contribution in [0.15, 0.2) is 51.7 Å². The fourth-order valence-electron chi connectivity index (χ4n) is 3.79. The van der Waals surface area contributed by atoms with Gasteiger partial charge in [-0.2, -0.15) is 0 Å². The number of ether oxygens (including phenoxy) is 1. The zero-order chi connectivity index (χ0) is 22.0. The van der Waals surface area contributed by atoms with Crippen molar-refractivity contribution in [1.29, 1.82) is 0 Å². The van der Waals surface area contributed by atoms with Gasteiger partial charge in [0.1, 0.15) is 11.3 Å². The summed E-state index contributed by atoms with van der Waals surface area (Å²) in [7, 11) is 0. The summed E-state index contributed by atoms with van der Waals surface area (Å²) >= 11 is 6.28. The quantitative estimate of drug-likeness (QED) is 0.565. The predicted molar refractivity (Wildman–Crippen MR) is 123 cm³/mol. The highest BCUT2D eigenvalue weighted by molar-refractivity contribution is 6.32. The van der Waals surface area contributed by atoms with Gasteiger partial charge in [-0.05, 0) is 61.6 Å². The molecule has 3 aromatic rings. The highest BCUT2D eigenvalue weighted by Crippen LogP contribution is 2.31. The molecule has 1 aliphatic rings. The molecular formula is C24H25ClN2O4. The van der Waals surface area contributed by atoms with Crippen molar-refractivity contribution < 1.29 is 13.9 Å². The van der Waals surface area contributed by atoms with E-state index in [0.29, 0.717) is 16.3 Å². The van der Waals surface area contributed by atoms with Gasteiger partial charge in [0.15, 0.2) is 6.61 Å². The molecule has 1 N–H and O–H groups in total. The molecule has 2 aromatic carbocycles. The number of fused-ring (bicyclic) bond motifs is 1. The molecule has 0 radical (unpaired) electrons. The molecule has 0 aliphatic carbocycles. The maximum Gasteiger partial charge on any atom is 0.336 e. The summed E-state index contributed by atoms with van der Waals surface area (Å²) < 4.78 is 10.8. The predicted octanol–water partition coefficient (Wildman–Crippen LogP) is 5.01. The Morgan fingerprint density at radius 3 is 2.61 bits per heavy atom. The Morgan fingerprint density at radius 1 is 1.19 bits per heavy atom. The third kappa shape index (κ3) is 5.02. The Hall–Kier alpha value is -2.99. The lowest BCUT2D eigenvalue weighted by Gasteiger charge is -2.32. The lowest BCUT2D eigenvalue weighted by molar-refractivity contribution is -0.118. The van der Waals surface area contributed by atoms with Gasteiger partial charge < -0.3 is 19.4 Å². The van der Waals surface area contributed by atoms with Crippen LogP contribution in [0.4, 0.5) is 11.4 Å². The first-order chi connectivity index (χ1) is 14.9. The van der Waals surface area contributed by atoms with Crippen LogP contribution in [0.2, 0.25) is 5.02 Å². The summed E-state index contributed by atoms with van der Waals surface area (Å²) in [5, 5.41) is 3.90. The molecule has 0 saturated carbocycles. The third-order valence-electron chi connectivity index (χ3n) is 5.66. The zero-order valence-corrected chi connectivity index (χ0v) is 18.4. The monoisotopic (exact) mass is 440 g/mol. The summed E-state index contributed by atoms with van der Waals surface area (Å²) in [6.07, 6.45) is 2.41. The van der Waals surface area contributed by atoms with Gasteiger partial charge >= 0.3 is 5.63 Å². The average molecular weight is 441 g/mol. The molecule has 7 heteroatoms. The van der Waals surface area contributed by atoms with Crippen LogP contribution in [0.3, 0.4) is 0 Å². The van der Waals surface area contributed by atoms with E-state index in [2.05, 4.69) is 17.1 Å². The number of aryl methyl sites for hydroxylation is 1. The van der Waals surface area contributed by atoms with Crippen molar-refractivity contribution in [2.75, 3.05) is 29.9 Å². The highest BCUT2D eigenvalue weighted by atomic mass is 35.5. The van der Waals surface area contributed by atoms with Crippen molar-refractivity contribution in [2.45, 2.75) is 26.7 Å². The number of benzene rings is 2. The number of piperidine rings is 1. The zero-order valence-electron chi connectivity index (χ0n) is 17.6. The number of carbonyl (C=O) groups is 1. The normalized spacial score (nSPS) is 14.6. The Morgan fingerprint density at radius 2 is 1.90 bits per heavy atom. The second-order valence-corrected chi connectivity index (χ2v) is 8.49. The van der Waals surface area contributed by atoms with Gasteiger partial charge in [-0.15, -0.1) is 0 Å². The van der Waals surface area contributed by atoms with Crippen LogP contribution in [-0.2, 0) is 4.79 Å². The first-order valence-corrected chi connectivity index (χ1v) is 10.8. The third-order valence-corrected chi connectivity index (χ3v) is 5.96. The van der Waals surface area contributed by atoms with Crippen molar-refractivity contribution >= 4 is 39.9 Å². The summed E-state index contributed by atoms with van der Waals surface area (Å²) in [6.45, 7) is 6.01. The van der Waals surface area contributed by atoms with E-state index < -0.39 is 5.63 Å². The Labute approximate surface area is 185 Å². The summed E-state index contributed by atoms with van der Waals surface area (Å²) in [5.41, 5.74) is 2.56. The van der Waals surface area contributed by atoms with E-state index in [-0.39, 0.29) is 18.3 Å². The van der Waals surface area contributed by atoms with Gasteiger partial charge in [-0.3, -0.25) is 4.79 Å². The SMILES string of the molecule is Cc1cc(=O)oc2cc(OCC(=O)Nc3ccc(N4CCC(C)CC4)cc3)c(Cl)cc12. The molecule has 1 saturated heterocycles. The van der Waals surface area contributed by atoms with Crippen molar-refractivity contribution in [3.63, 3.8) is 0 Å². The number of carbonyl (C=O) groups excluding carboxylic acids is 1. The highest BCUT2D eigenvalue weighted by Gasteiger charge is 2.16. The van der Waals surface area contributed by atoms with Gasteiger partial charge in [-0.1, -0.05) is 18.5 Å². The molecule has 1 fully saturated rings. The number of nitrogens with one attached hydrogen (secondary N) is 1. The number of rotatable bonds is 5. The maximum atomic E-state index is 12.3. The lowest BCUT2D eigenvalue weighted by atomic mass is 9.99. The van der Waals surface area contributed by atoms with Crippen molar-refractivity contribution in [2.24, 2.45) is 5.92 Å². The second-order valence-electron chi connectivity index (χ2n) is 8.08. The standard InChI is InChI=1S/C24H25ClN2O4/c1-15-7-9-27(10-8-15)18-5-3-17(4-6-18)26-23(28)14-30-22-13-21-19(12-20(22)25)16(2)11-24(29)31-21/h3-6,11-13,15H,7-10,14H2,1-2H3,(H,26,28). The Kier molecular flexibility index (Phi) is 6.18. The number of amides is 1. The summed E-state index contributed by atoms with van der Waals surface area (Å²) in [6, 6.07) is 12.4. The van der Waals surface area contributed by atoms with E-state index in [1.165, 1.54) is 30.7 Å². The van der Waals surface area contributed by atoms with E-state index in [4.69, 9.17) is 20.8 Å². The van der Waals surface area contributed by atoms with Crippen molar-refractivity contribution in [1.82, 2.24) is 0 Å². The van der Waals surface area contributed by atoms with E-state index in [9.17, 15) is 9.59 Å². The molecule has 31 heavy (non-hydrogen) atoms. The largest absolute Gasteiger partial charge is 0.482 e. The molecule has 162 valence electrons. The molecule has 0 atom stereocenters.